The van der Waals surface area contributed by atoms with E-state index in [0.29, 0.717) is 0 Å². The summed E-state index contributed by atoms with van der Waals surface area (Å²) in [6.07, 6.45) is 0. The molecule has 290 valence electrons. The Labute approximate surface area is 359 Å². The van der Waals surface area contributed by atoms with E-state index < -0.39 is 5.41 Å². The summed E-state index contributed by atoms with van der Waals surface area (Å²) in [5.74, 6) is 0. The predicted octanol–water partition coefficient (Wildman–Crippen LogP) is 15.7. The maximum absolute atomic E-state index is 2.51. The van der Waals surface area contributed by atoms with Crippen LogP contribution in [0.4, 0.5) is 0 Å². The minimum Gasteiger partial charge on any atom is -0.0622 e. The molecule has 0 atom stereocenters. The van der Waals surface area contributed by atoms with E-state index in [9.17, 15) is 0 Å². The van der Waals surface area contributed by atoms with Crippen molar-refractivity contribution in [3.05, 3.63) is 251 Å². The van der Waals surface area contributed by atoms with Crippen molar-refractivity contribution in [1.82, 2.24) is 0 Å². The maximum Gasteiger partial charge on any atom is 0.0714 e. The van der Waals surface area contributed by atoms with Crippen LogP contribution in [0.1, 0.15) is 72.2 Å². The van der Waals surface area contributed by atoms with Crippen molar-refractivity contribution in [2.24, 2.45) is 0 Å². The van der Waals surface area contributed by atoms with Crippen LogP contribution in [0.2, 0.25) is 0 Å². The Morgan fingerprint density at radius 2 is 0.574 bits per heavy atom. The van der Waals surface area contributed by atoms with Gasteiger partial charge in [-0.15, -0.1) is 0 Å². The van der Waals surface area contributed by atoms with Crippen LogP contribution in [0.25, 0.3) is 66.8 Å². The molecule has 0 amide bonds. The standard InChI is InChI=1S/C61H46/c1-59(2)50-31-11-8-25-47(50)56-45(29-16-34-53(56)59)40-21-14-23-42(37-40)61(52-33-13-10-27-49(52)58-44(28-18-36-55(58)61)39-19-6-5-7-20-39)43-24-15-22-41(38-43)46-30-17-35-54-57(46)48-26-9-12-32-51(48)60(54,3)4/h5-38H,1-4H3. The lowest BCUT2D eigenvalue weighted by atomic mass is 9.66. The van der Waals surface area contributed by atoms with E-state index in [1.54, 1.807) is 0 Å². The monoisotopic (exact) mass is 778 g/mol. The lowest BCUT2D eigenvalue weighted by molar-refractivity contribution is 0.660. The van der Waals surface area contributed by atoms with Gasteiger partial charge in [0.05, 0.1) is 5.41 Å². The van der Waals surface area contributed by atoms with Gasteiger partial charge in [-0.1, -0.05) is 222 Å². The Hall–Kier alpha value is -7.02. The van der Waals surface area contributed by atoms with Crippen molar-refractivity contribution in [1.29, 1.82) is 0 Å². The smallest absolute Gasteiger partial charge is 0.0622 e. The van der Waals surface area contributed by atoms with Crippen molar-refractivity contribution in [3.63, 3.8) is 0 Å². The molecule has 9 aromatic rings. The number of benzene rings is 9. The predicted molar refractivity (Wildman–Crippen MR) is 255 cm³/mol. The molecule has 0 saturated heterocycles. The third kappa shape index (κ3) is 4.88. The summed E-state index contributed by atoms with van der Waals surface area (Å²) in [5.41, 5.74) is 25.5. The first-order valence-electron chi connectivity index (χ1n) is 21.8. The molecule has 9 aromatic carbocycles. The zero-order valence-electron chi connectivity index (χ0n) is 35.1. The van der Waals surface area contributed by atoms with Crippen LogP contribution in [0.15, 0.2) is 206 Å². The average molecular weight is 779 g/mol. The van der Waals surface area contributed by atoms with Crippen molar-refractivity contribution in [3.8, 4) is 66.8 Å². The summed E-state index contributed by atoms with van der Waals surface area (Å²) >= 11 is 0. The third-order valence-corrected chi connectivity index (χ3v) is 14.6. The second-order valence-corrected chi connectivity index (χ2v) is 18.3. The minimum atomic E-state index is -0.604. The largest absolute Gasteiger partial charge is 0.0714 e. The molecular weight excluding hydrogens is 733 g/mol. The molecule has 0 spiro atoms. The Morgan fingerprint density at radius 1 is 0.246 bits per heavy atom. The minimum absolute atomic E-state index is 0.0777. The molecule has 0 aliphatic heterocycles. The van der Waals surface area contributed by atoms with Crippen molar-refractivity contribution < 1.29 is 0 Å². The van der Waals surface area contributed by atoms with Crippen molar-refractivity contribution in [2.45, 2.75) is 43.9 Å². The van der Waals surface area contributed by atoms with Crippen LogP contribution in [0, 0.1) is 0 Å². The number of hydrogen-bond acceptors (Lipinski definition) is 0. The molecular formula is C61H46. The molecule has 0 bridgehead atoms. The van der Waals surface area contributed by atoms with Gasteiger partial charge < -0.3 is 0 Å². The van der Waals surface area contributed by atoms with Crippen LogP contribution in [0.3, 0.4) is 0 Å². The third-order valence-electron chi connectivity index (χ3n) is 14.6. The van der Waals surface area contributed by atoms with Gasteiger partial charge in [-0.2, -0.15) is 0 Å². The van der Waals surface area contributed by atoms with Gasteiger partial charge in [-0.05, 0) is 123 Å². The molecule has 0 N–H and O–H groups in total. The van der Waals surface area contributed by atoms with Gasteiger partial charge in [-0.3, -0.25) is 0 Å². The normalized spacial score (nSPS) is 15.3. The fourth-order valence-corrected chi connectivity index (χ4v) is 11.8. The molecule has 0 aromatic heterocycles. The van der Waals surface area contributed by atoms with E-state index in [1.165, 1.54) is 111 Å². The van der Waals surface area contributed by atoms with Gasteiger partial charge in [0.15, 0.2) is 0 Å². The number of rotatable bonds is 5. The molecule has 0 fully saturated rings. The Balaban J connectivity index is 1.15. The van der Waals surface area contributed by atoms with Crippen LogP contribution in [0.5, 0.6) is 0 Å². The number of hydrogen-bond donors (Lipinski definition) is 0. The second-order valence-electron chi connectivity index (χ2n) is 18.3. The highest BCUT2D eigenvalue weighted by Crippen LogP contribution is 2.60. The zero-order valence-corrected chi connectivity index (χ0v) is 35.1. The van der Waals surface area contributed by atoms with E-state index in [-0.39, 0.29) is 10.8 Å². The number of fused-ring (bicyclic) bond motifs is 9. The molecule has 0 unspecified atom stereocenters. The summed E-state index contributed by atoms with van der Waals surface area (Å²) in [7, 11) is 0. The average Bonchev–Trinajstić information content (AvgIpc) is 3.85. The van der Waals surface area contributed by atoms with Gasteiger partial charge in [0.25, 0.3) is 0 Å². The van der Waals surface area contributed by atoms with E-state index in [1.807, 2.05) is 0 Å². The molecule has 0 heterocycles. The molecule has 3 aliphatic carbocycles. The summed E-state index contributed by atoms with van der Waals surface area (Å²) in [4.78, 5) is 0. The quantitative estimate of drug-likeness (QED) is 0.163. The van der Waals surface area contributed by atoms with E-state index in [2.05, 4.69) is 234 Å². The lowest BCUT2D eigenvalue weighted by Gasteiger charge is -2.35. The Kier molecular flexibility index (Phi) is 7.64. The fraction of sp³-hybridized carbons (Fsp3) is 0.115. The molecule has 0 nitrogen and oxygen atoms in total. The Bertz CT molecular complexity index is 3100. The molecule has 0 radical (unpaired) electrons. The highest BCUT2D eigenvalue weighted by atomic mass is 14.5. The van der Waals surface area contributed by atoms with Crippen LogP contribution >= 0.6 is 0 Å². The SMILES string of the molecule is CC1(C)c2ccccc2-c2c(-c3cccc(C4(c5cccc(-c6cccc7c6-c6ccccc6C7(C)C)c5)c5ccccc5-c5c(-c6ccccc6)cccc54)c3)cccc21. The van der Waals surface area contributed by atoms with E-state index in [0.717, 1.165) is 0 Å². The highest BCUT2D eigenvalue weighted by Gasteiger charge is 2.47. The fourth-order valence-electron chi connectivity index (χ4n) is 11.8. The summed E-state index contributed by atoms with van der Waals surface area (Å²) in [6, 6.07) is 78.1. The Morgan fingerprint density at radius 3 is 1.08 bits per heavy atom. The van der Waals surface area contributed by atoms with Gasteiger partial charge >= 0.3 is 0 Å². The zero-order chi connectivity index (χ0) is 41.1. The molecule has 3 aliphatic rings. The molecule has 12 rings (SSSR count). The van der Waals surface area contributed by atoms with Crippen molar-refractivity contribution in [2.75, 3.05) is 0 Å². The van der Waals surface area contributed by atoms with Crippen LogP contribution in [-0.2, 0) is 16.2 Å². The van der Waals surface area contributed by atoms with Crippen molar-refractivity contribution >= 4 is 0 Å². The highest BCUT2D eigenvalue weighted by molar-refractivity contribution is 5.98. The van der Waals surface area contributed by atoms with Gasteiger partial charge in [0.1, 0.15) is 0 Å². The van der Waals surface area contributed by atoms with Gasteiger partial charge in [0, 0.05) is 10.8 Å². The summed E-state index contributed by atoms with van der Waals surface area (Å²) < 4.78 is 0. The second kappa shape index (κ2) is 13.0. The van der Waals surface area contributed by atoms with Crippen LogP contribution in [-0.4, -0.2) is 0 Å². The van der Waals surface area contributed by atoms with Gasteiger partial charge in [0.2, 0.25) is 0 Å². The molecule has 0 heteroatoms. The molecule has 61 heavy (non-hydrogen) atoms. The van der Waals surface area contributed by atoms with Gasteiger partial charge in [-0.25, -0.2) is 0 Å². The first-order chi connectivity index (χ1) is 29.8. The molecule has 0 saturated carbocycles. The maximum atomic E-state index is 2.51. The van der Waals surface area contributed by atoms with Crippen LogP contribution < -0.4 is 0 Å². The summed E-state index contributed by atoms with van der Waals surface area (Å²) in [6.45, 7) is 9.49. The topological polar surface area (TPSA) is 0 Å². The summed E-state index contributed by atoms with van der Waals surface area (Å²) in [5, 5.41) is 0. The van der Waals surface area contributed by atoms with E-state index >= 15 is 0 Å². The lowest BCUT2D eigenvalue weighted by Crippen LogP contribution is -2.28. The first kappa shape index (κ1) is 35.9. The first-order valence-corrected chi connectivity index (χ1v) is 21.8. The van der Waals surface area contributed by atoms with E-state index in [4.69, 9.17) is 0 Å².